The molecule has 9 nitrogen and oxygen atoms in total. The third kappa shape index (κ3) is 3.14. The highest BCUT2D eigenvalue weighted by Gasteiger charge is 2.23. The number of hydrogen-bond acceptors (Lipinski definition) is 6. The van der Waals surface area contributed by atoms with Crippen molar-refractivity contribution in [1.82, 2.24) is 9.88 Å². The van der Waals surface area contributed by atoms with Crippen molar-refractivity contribution in [3.8, 4) is 5.75 Å². The van der Waals surface area contributed by atoms with Crippen LogP contribution in [0.3, 0.4) is 0 Å². The lowest BCUT2D eigenvalue weighted by Gasteiger charge is -2.26. The number of carbonyl (C=O) groups excluding carboxylic acids is 1. The Bertz CT molecular complexity index is 1100. The molecule has 1 N–H and O–H groups in total. The van der Waals surface area contributed by atoms with Gasteiger partial charge in [0.1, 0.15) is 12.3 Å². The maximum Gasteiger partial charge on any atom is 0.420 e. The summed E-state index contributed by atoms with van der Waals surface area (Å²) in [6, 6.07) is 11.0. The first-order valence-electron chi connectivity index (χ1n) is 8.32. The number of oxazole rings is 1. The quantitative estimate of drug-likeness (QED) is 0.556. The van der Waals surface area contributed by atoms with E-state index in [4.69, 9.17) is 9.15 Å². The van der Waals surface area contributed by atoms with Gasteiger partial charge in [-0.15, -0.1) is 0 Å². The second-order valence-corrected chi connectivity index (χ2v) is 6.16. The van der Waals surface area contributed by atoms with Gasteiger partial charge in [0.2, 0.25) is 5.91 Å². The minimum atomic E-state index is -0.743. The van der Waals surface area contributed by atoms with E-state index in [1.807, 2.05) is 24.3 Å². The molecule has 0 aliphatic carbocycles. The van der Waals surface area contributed by atoms with Crippen LogP contribution in [0.15, 0.2) is 51.7 Å². The summed E-state index contributed by atoms with van der Waals surface area (Å²) in [5, 5.41) is 13.8. The molecule has 1 aromatic heterocycles. The molecule has 2 aromatic carbocycles. The number of amides is 1. The van der Waals surface area contributed by atoms with E-state index >= 15 is 0 Å². The van der Waals surface area contributed by atoms with Crippen LogP contribution in [-0.2, 0) is 11.3 Å². The molecule has 4 rings (SSSR count). The molecule has 0 radical (unpaired) electrons. The van der Waals surface area contributed by atoms with Gasteiger partial charge in [0, 0.05) is 24.1 Å². The molecule has 1 aliphatic rings. The van der Waals surface area contributed by atoms with E-state index in [1.54, 1.807) is 0 Å². The van der Waals surface area contributed by atoms with Crippen LogP contribution in [0, 0.1) is 10.1 Å². The highest BCUT2D eigenvalue weighted by Crippen LogP contribution is 2.31. The predicted molar refractivity (Wildman–Crippen MR) is 94.6 cm³/mol. The molecule has 1 atom stereocenters. The Morgan fingerprint density at radius 3 is 2.93 bits per heavy atom. The lowest BCUT2D eigenvalue weighted by atomic mass is 10.0. The second-order valence-electron chi connectivity index (χ2n) is 6.16. The molecule has 0 spiro atoms. The van der Waals surface area contributed by atoms with Gasteiger partial charge < -0.3 is 14.5 Å². The Balaban J connectivity index is 1.59. The van der Waals surface area contributed by atoms with Gasteiger partial charge in [0.25, 0.3) is 5.69 Å². The van der Waals surface area contributed by atoms with Crippen molar-refractivity contribution in [2.75, 3.05) is 6.61 Å². The number of hydrogen-bond donors (Lipinski definition) is 1. The average Bonchev–Trinajstić information content (AvgIpc) is 2.96. The molecule has 0 fully saturated rings. The van der Waals surface area contributed by atoms with Crippen molar-refractivity contribution in [1.29, 1.82) is 0 Å². The molecule has 1 amide bonds. The van der Waals surface area contributed by atoms with Crippen LogP contribution in [0.25, 0.3) is 11.1 Å². The molecule has 3 aromatic rings. The zero-order valence-corrected chi connectivity index (χ0v) is 14.1. The van der Waals surface area contributed by atoms with E-state index in [2.05, 4.69) is 5.32 Å². The van der Waals surface area contributed by atoms with Gasteiger partial charge in [-0.3, -0.25) is 19.5 Å². The Morgan fingerprint density at radius 2 is 2.11 bits per heavy atom. The first-order valence-corrected chi connectivity index (χ1v) is 8.32. The van der Waals surface area contributed by atoms with Gasteiger partial charge >= 0.3 is 5.76 Å². The van der Waals surface area contributed by atoms with Crippen LogP contribution in [-0.4, -0.2) is 22.0 Å². The number of nitro groups is 1. The van der Waals surface area contributed by atoms with Gasteiger partial charge in [0.15, 0.2) is 5.58 Å². The Labute approximate surface area is 152 Å². The maximum absolute atomic E-state index is 12.5. The molecular weight excluding hydrogens is 354 g/mol. The molecule has 2 heterocycles. The lowest BCUT2D eigenvalue weighted by molar-refractivity contribution is -0.384. The van der Waals surface area contributed by atoms with Gasteiger partial charge in [0.05, 0.1) is 23.1 Å². The van der Waals surface area contributed by atoms with E-state index in [9.17, 15) is 19.7 Å². The molecule has 0 bridgehead atoms. The first-order chi connectivity index (χ1) is 13.0. The van der Waals surface area contributed by atoms with Crippen molar-refractivity contribution in [3.63, 3.8) is 0 Å². The summed E-state index contributed by atoms with van der Waals surface area (Å²) < 4.78 is 11.7. The molecular formula is C18H15N3O6. The number of nitro benzene ring substituents is 1. The van der Waals surface area contributed by atoms with Crippen LogP contribution < -0.4 is 15.8 Å². The molecule has 138 valence electrons. The maximum atomic E-state index is 12.5. The third-order valence-electron chi connectivity index (χ3n) is 4.46. The predicted octanol–water partition coefficient (Wildman–Crippen LogP) is 2.14. The number of nitrogens with one attached hydrogen (secondary N) is 1. The summed E-state index contributed by atoms with van der Waals surface area (Å²) in [7, 11) is 0. The number of aromatic nitrogens is 1. The molecule has 1 unspecified atom stereocenters. The fourth-order valence-corrected chi connectivity index (χ4v) is 3.19. The molecule has 0 saturated carbocycles. The number of benzene rings is 2. The second kappa shape index (κ2) is 6.60. The normalized spacial score (nSPS) is 15.8. The zero-order chi connectivity index (χ0) is 19.0. The van der Waals surface area contributed by atoms with E-state index in [0.29, 0.717) is 13.0 Å². The standard InChI is InChI=1S/C18H15N3O6/c22-17(19-13-7-8-26-15-4-2-1-3-12(13)15)10-20-14-9-11(21(24)25)5-6-16(14)27-18(20)23/h1-6,9,13H,7-8,10H2,(H,19,22). The Kier molecular flexibility index (Phi) is 4.11. The lowest BCUT2D eigenvalue weighted by Crippen LogP contribution is -2.35. The van der Waals surface area contributed by atoms with Crippen molar-refractivity contribution in [2.24, 2.45) is 0 Å². The summed E-state index contributed by atoms with van der Waals surface area (Å²) in [6.45, 7) is 0.176. The fraction of sp³-hybridized carbons (Fsp3) is 0.222. The van der Waals surface area contributed by atoms with Crippen LogP contribution in [0.4, 0.5) is 5.69 Å². The summed E-state index contributed by atoms with van der Waals surface area (Å²) in [5.74, 6) is -0.420. The minimum Gasteiger partial charge on any atom is -0.493 e. The Morgan fingerprint density at radius 1 is 1.30 bits per heavy atom. The van der Waals surface area contributed by atoms with Crippen LogP contribution in [0.1, 0.15) is 18.0 Å². The zero-order valence-electron chi connectivity index (χ0n) is 14.1. The highest BCUT2D eigenvalue weighted by atomic mass is 16.6. The fourth-order valence-electron chi connectivity index (χ4n) is 3.19. The highest BCUT2D eigenvalue weighted by molar-refractivity contribution is 5.81. The topological polar surface area (TPSA) is 117 Å². The van der Waals surface area contributed by atoms with Gasteiger partial charge in [-0.25, -0.2) is 4.79 Å². The molecule has 27 heavy (non-hydrogen) atoms. The SMILES string of the molecule is O=C(Cn1c(=O)oc2ccc([N+](=O)[O-])cc21)NC1CCOc2ccccc21. The molecule has 1 aliphatic heterocycles. The summed E-state index contributed by atoms with van der Waals surface area (Å²) in [5.41, 5.74) is 1.08. The van der Waals surface area contributed by atoms with Gasteiger partial charge in [-0.05, 0) is 12.1 Å². The smallest absolute Gasteiger partial charge is 0.420 e. The van der Waals surface area contributed by atoms with Crippen LogP contribution in [0.2, 0.25) is 0 Å². The van der Waals surface area contributed by atoms with Gasteiger partial charge in [-0.2, -0.15) is 0 Å². The number of nitrogens with zero attached hydrogens (tertiary/aromatic N) is 2. The molecule has 0 saturated heterocycles. The molecule has 9 heteroatoms. The third-order valence-corrected chi connectivity index (χ3v) is 4.46. The van der Waals surface area contributed by atoms with Crippen LogP contribution in [0.5, 0.6) is 5.75 Å². The van der Waals surface area contributed by atoms with Gasteiger partial charge in [-0.1, -0.05) is 18.2 Å². The monoisotopic (exact) mass is 369 g/mol. The number of non-ortho nitro benzene ring substituents is 1. The van der Waals surface area contributed by atoms with E-state index < -0.39 is 16.6 Å². The summed E-state index contributed by atoms with van der Waals surface area (Å²) in [4.78, 5) is 35.0. The number of rotatable bonds is 4. The van der Waals surface area contributed by atoms with Crippen LogP contribution >= 0.6 is 0 Å². The van der Waals surface area contributed by atoms with E-state index in [1.165, 1.54) is 18.2 Å². The van der Waals surface area contributed by atoms with E-state index in [-0.39, 0.29) is 29.4 Å². The number of carbonyl (C=O) groups is 1. The average molecular weight is 369 g/mol. The van der Waals surface area contributed by atoms with Crippen molar-refractivity contribution < 1.29 is 18.9 Å². The first kappa shape index (κ1) is 16.8. The van der Waals surface area contributed by atoms with Crippen molar-refractivity contribution in [3.05, 3.63) is 68.7 Å². The largest absolute Gasteiger partial charge is 0.493 e. The summed E-state index contributed by atoms with van der Waals surface area (Å²) in [6.07, 6.45) is 0.606. The number of para-hydroxylation sites is 1. The summed E-state index contributed by atoms with van der Waals surface area (Å²) >= 11 is 0. The van der Waals surface area contributed by atoms with Crippen molar-refractivity contribution in [2.45, 2.75) is 19.0 Å². The van der Waals surface area contributed by atoms with Crippen molar-refractivity contribution >= 4 is 22.7 Å². The van der Waals surface area contributed by atoms with E-state index in [0.717, 1.165) is 15.9 Å². The number of fused-ring (bicyclic) bond motifs is 2. The minimum absolute atomic E-state index is 0.184. The number of ether oxygens (including phenoxy) is 1. The Hall–Kier alpha value is -3.62.